The molecule has 0 aliphatic heterocycles. The Bertz CT molecular complexity index is 1140. The number of rotatable bonds is 8. The number of aliphatic carboxylic acids is 2. The zero-order valence-electron chi connectivity index (χ0n) is 16.0. The molecule has 170 valence electrons. The van der Waals surface area contributed by atoms with E-state index in [1.54, 1.807) is 0 Å². The molecule has 0 spiro atoms. The highest BCUT2D eigenvalue weighted by molar-refractivity contribution is 6.33. The van der Waals surface area contributed by atoms with Crippen molar-refractivity contribution < 1.29 is 29.4 Å². The van der Waals surface area contributed by atoms with Crippen LogP contribution in [-0.4, -0.2) is 55.1 Å². The first kappa shape index (κ1) is 23.9. The van der Waals surface area contributed by atoms with Crippen molar-refractivity contribution in [2.75, 3.05) is 22.1 Å². The number of carbonyl (C=O) groups is 4. The fourth-order valence-corrected chi connectivity index (χ4v) is 2.58. The number of halogens is 1. The van der Waals surface area contributed by atoms with Gasteiger partial charge in [-0.3, -0.25) is 24.7 Å². The summed E-state index contributed by atoms with van der Waals surface area (Å²) in [5, 5.41) is 24.1. The molecule has 0 aliphatic rings. The highest BCUT2D eigenvalue weighted by Crippen LogP contribution is 2.19. The van der Waals surface area contributed by atoms with Gasteiger partial charge in [0.15, 0.2) is 11.5 Å². The summed E-state index contributed by atoms with van der Waals surface area (Å²) in [6.45, 7) is 0. The fraction of sp³-hybridized carbons (Fsp3) is 0.188. The summed E-state index contributed by atoms with van der Waals surface area (Å²) in [4.78, 5) is 67.5. The second kappa shape index (κ2) is 10.1. The second-order valence-electron chi connectivity index (χ2n) is 6.14. The number of nitrogens with two attached hydrogens (primary N) is 2. The highest BCUT2D eigenvalue weighted by Gasteiger charge is 2.23. The van der Waals surface area contributed by atoms with Gasteiger partial charge in [0.05, 0.1) is 16.9 Å². The Hall–Kier alpha value is -4.40. The average molecular weight is 469 g/mol. The van der Waals surface area contributed by atoms with E-state index in [1.165, 1.54) is 0 Å². The standard InChI is InChI=1S/C16H17ClN8O7/c17-6-3-5(21-16(32)23-10-11(18)24-15(19)25-13(10)29)4-20-9(6)12(28)22-7(14(30)31)1-2-8(26)27/h3-4,7H,1-2H2,(H,22,28)(H,26,27)(H,30,31)(H2,21,23,32)(H5,18,19,24,25,29). The topological polar surface area (TPSA) is 256 Å². The smallest absolute Gasteiger partial charge is 0.326 e. The van der Waals surface area contributed by atoms with Crippen LogP contribution in [-0.2, 0) is 9.59 Å². The molecule has 0 aromatic carbocycles. The van der Waals surface area contributed by atoms with Crippen molar-refractivity contribution in [3.8, 4) is 0 Å². The van der Waals surface area contributed by atoms with Gasteiger partial charge >= 0.3 is 18.0 Å². The van der Waals surface area contributed by atoms with E-state index in [1.807, 2.05) is 0 Å². The third kappa shape index (κ3) is 6.30. The van der Waals surface area contributed by atoms with Crippen molar-refractivity contribution >= 4 is 58.6 Å². The first-order valence-electron chi connectivity index (χ1n) is 8.62. The Morgan fingerprint density at radius 2 is 1.88 bits per heavy atom. The highest BCUT2D eigenvalue weighted by atomic mass is 35.5. The number of aromatic nitrogens is 3. The van der Waals surface area contributed by atoms with E-state index in [4.69, 9.17) is 33.3 Å². The van der Waals surface area contributed by atoms with Crippen molar-refractivity contribution in [2.45, 2.75) is 18.9 Å². The number of hydrogen-bond donors (Lipinski definition) is 8. The van der Waals surface area contributed by atoms with Gasteiger partial charge in [0, 0.05) is 6.42 Å². The van der Waals surface area contributed by atoms with Gasteiger partial charge in [0.2, 0.25) is 5.95 Å². The first-order chi connectivity index (χ1) is 15.0. The molecule has 0 aliphatic carbocycles. The third-order valence-corrected chi connectivity index (χ3v) is 4.06. The molecule has 0 bridgehead atoms. The molecule has 1 atom stereocenters. The monoisotopic (exact) mass is 468 g/mol. The number of amides is 3. The molecule has 0 radical (unpaired) electrons. The van der Waals surface area contributed by atoms with Crippen LogP contribution in [0.2, 0.25) is 5.02 Å². The molecule has 2 aromatic rings. The van der Waals surface area contributed by atoms with Gasteiger partial charge in [0.1, 0.15) is 11.7 Å². The van der Waals surface area contributed by atoms with Gasteiger partial charge in [-0.2, -0.15) is 4.98 Å². The number of H-pyrrole nitrogens is 1. The van der Waals surface area contributed by atoms with Gasteiger partial charge < -0.3 is 32.3 Å². The number of pyridine rings is 1. The number of urea groups is 1. The Morgan fingerprint density at radius 1 is 1.19 bits per heavy atom. The van der Waals surface area contributed by atoms with Crippen LogP contribution in [0.1, 0.15) is 23.3 Å². The molecule has 2 rings (SSSR count). The summed E-state index contributed by atoms with van der Waals surface area (Å²) >= 11 is 5.99. The Morgan fingerprint density at radius 3 is 2.44 bits per heavy atom. The van der Waals surface area contributed by atoms with Crippen molar-refractivity contribution in [1.29, 1.82) is 0 Å². The van der Waals surface area contributed by atoms with Gasteiger partial charge in [-0.1, -0.05) is 11.6 Å². The number of carbonyl (C=O) groups excluding carboxylic acids is 2. The first-order valence-corrected chi connectivity index (χ1v) is 9.00. The van der Waals surface area contributed by atoms with Crippen LogP contribution in [0.15, 0.2) is 17.1 Å². The third-order valence-electron chi connectivity index (χ3n) is 3.77. The predicted octanol–water partition coefficient (Wildman–Crippen LogP) is -0.326. The molecule has 32 heavy (non-hydrogen) atoms. The summed E-state index contributed by atoms with van der Waals surface area (Å²) in [6, 6.07) is -1.24. The summed E-state index contributed by atoms with van der Waals surface area (Å²) in [5.41, 5.74) is 9.38. The summed E-state index contributed by atoms with van der Waals surface area (Å²) in [6.07, 6.45) is 0.214. The van der Waals surface area contributed by atoms with Crippen LogP contribution in [0.25, 0.3) is 0 Å². The SMILES string of the molecule is Nc1nc(N)c(NC(=O)Nc2cnc(C(=O)NC(CCC(=O)O)C(=O)O)c(Cl)c2)c(=O)[nH]1. The summed E-state index contributed by atoms with van der Waals surface area (Å²) in [7, 11) is 0. The van der Waals surface area contributed by atoms with E-state index in [0.717, 1.165) is 12.3 Å². The van der Waals surface area contributed by atoms with E-state index in [-0.39, 0.29) is 40.3 Å². The van der Waals surface area contributed by atoms with Crippen molar-refractivity contribution in [3.05, 3.63) is 33.3 Å². The van der Waals surface area contributed by atoms with E-state index < -0.39 is 41.9 Å². The van der Waals surface area contributed by atoms with Gasteiger partial charge in [-0.05, 0) is 12.5 Å². The van der Waals surface area contributed by atoms with E-state index in [9.17, 15) is 24.0 Å². The molecule has 0 saturated heterocycles. The van der Waals surface area contributed by atoms with Crippen LogP contribution >= 0.6 is 11.6 Å². The fourth-order valence-electron chi connectivity index (χ4n) is 2.33. The van der Waals surface area contributed by atoms with Gasteiger partial charge in [0.25, 0.3) is 11.5 Å². The second-order valence-corrected chi connectivity index (χ2v) is 6.55. The minimum absolute atomic E-state index is 0.0168. The normalized spacial score (nSPS) is 11.3. The molecule has 3 amide bonds. The maximum Gasteiger partial charge on any atom is 0.326 e. The number of nitrogens with one attached hydrogen (secondary N) is 4. The number of carboxylic acids is 2. The molecule has 1 unspecified atom stereocenters. The zero-order valence-corrected chi connectivity index (χ0v) is 16.8. The Balaban J connectivity index is 2.08. The lowest BCUT2D eigenvalue weighted by molar-refractivity contribution is -0.140. The number of hydrogen-bond acceptors (Lipinski definition) is 9. The summed E-state index contributed by atoms with van der Waals surface area (Å²) < 4.78 is 0. The zero-order chi connectivity index (χ0) is 24.0. The van der Waals surface area contributed by atoms with Crippen LogP contribution in [0.4, 0.5) is 27.9 Å². The molecule has 16 heteroatoms. The van der Waals surface area contributed by atoms with E-state index in [2.05, 4.69) is 30.9 Å². The maximum atomic E-state index is 12.3. The molecule has 0 saturated carbocycles. The minimum Gasteiger partial charge on any atom is -0.481 e. The molecule has 0 fully saturated rings. The predicted molar refractivity (Wildman–Crippen MR) is 111 cm³/mol. The molecular formula is C16H17ClN8O7. The molecule has 2 heterocycles. The molecule has 15 nitrogen and oxygen atoms in total. The molecule has 2 aromatic heterocycles. The lowest BCUT2D eigenvalue weighted by Crippen LogP contribution is -2.41. The Kier molecular flexibility index (Phi) is 7.52. The average Bonchev–Trinajstić information content (AvgIpc) is 2.67. The number of nitrogen functional groups attached to an aromatic ring is 2. The van der Waals surface area contributed by atoms with Crippen LogP contribution in [0, 0.1) is 0 Å². The number of anilines is 4. The maximum absolute atomic E-state index is 12.3. The van der Waals surface area contributed by atoms with Gasteiger partial charge in [-0.15, -0.1) is 0 Å². The number of aromatic amines is 1. The van der Waals surface area contributed by atoms with Crippen LogP contribution in [0.5, 0.6) is 0 Å². The van der Waals surface area contributed by atoms with E-state index in [0.29, 0.717) is 0 Å². The minimum atomic E-state index is -1.47. The molecule has 10 N–H and O–H groups in total. The lowest BCUT2D eigenvalue weighted by Gasteiger charge is -2.14. The van der Waals surface area contributed by atoms with Crippen LogP contribution < -0.4 is 33.0 Å². The van der Waals surface area contributed by atoms with Crippen molar-refractivity contribution in [3.63, 3.8) is 0 Å². The number of nitrogens with zero attached hydrogens (tertiary/aromatic N) is 2. The quantitative estimate of drug-likeness (QED) is 0.248. The van der Waals surface area contributed by atoms with Crippen molar-refractivity contribution in [2.24, 2.45) is 0 Å². The van der Waals surface area contributed by atoms with E-state index >= 15 is 0 Å². The Labute approximate surface area is 183 Å². The van der Waals surface area contributed by atoms with Crippen molar-refractivity contribution in [1.82, 2.24) is 20.3 Å². The number of carboxylic acid groups (broad SMARTS) is 2. The lowest BCUT2D eigenvalue weighted by atomic mass is 10.1. The van der Waals surface area contributed by atoms with Gasteiger partial charge in [-0.25, -0.2) is 14.6 Å². The molecular weight excluding hydrogens is 452 g/mol. The largest absolute Gasteiger partial charge is 0.481 e. The summed E-state index contributed by atoms with van der Waals surface area (Å²) in [5.74, 6) is -4.18. The van der Waals surface area contributed by atoms with Crippen LogP contribution in [0.3, 0.4) is 0 Å².